The molecular formula is C28H32N4O5. The minimum atomic E-state index is -0.721. The average molecular weight is 505 g/mol. The molecule has 2 fully saturated rings. The third kappa shape index (κ3) is 4.60. The summed E-state index contributed by atoms with van der Waals surface area (Å²) in [6, 6.07) is 10.4. The van der Waals surface area contributed by atoms with Crippen LogP contribution in [0, 0.1) is 13.8 Å². The summed E-state index contributed by atoms with van der Waals surface area (Å²) < 4.78 is 12.6. The number of fused-ring (bicyclic) bond motifs is 1. The van der Waals surface area contributed by atoms with Gasteiger partial charge in [-0.05, 0) is 49.6 Å². The highest BCUT2D eigenvalue weighted by Gasteiger charge is 2.46. The number of Topliss-reactive ketones (excluding diaryl/α,β-unsaturated/α-hetero) is 1. The van der Waals surface area contributed by atoms with E-state index >= 15 is 0 Å². The van der Waals surface area contributed by atoms with E-state index in [2.05, 4.69) is 9.88 Å². The number of amides is 1. The second-order valence-corrected chi connectivity index (χ2v) is 9.50. The molecule has 5 rings (SSSR count). The molecule has 1 unspecified atom stereocenters. The number of hydrogen-bond acceptors (Lipinski definition) is 7. The number of carbonyl (C=O) groups is 2. The third-order valence-electron chi connectivity index (χ3n) is 7.26. The third-order valence-corrected chi connectivity index (χ3v) is 7.26. The second kappa shape index (κ2) is 10.4. The molecule has 1 aromatic carbocycles. The Morgan fingerprint density at radius 2 is 1.84 bits per heavy atom. The monoisotopic (exact) mass is 504 g/mol. The van der Waals surface area contributed by atoms with Crippen LogP contribution < -0.4 is 4.74 Å². The molecular weight excluding hydrogens is 472 g/mol. The van der Waals surface area contributed by atoms with Crippen LogP contribution in [0.5, 0.6) is 5.75 Å². The predicted molar refractivity (Wildman–Crippen MR) is 139 cm³/mol. The van der Waals surface area contributed by atoms with Gasteiger partial charge in [-0.1, -0.05) is 18.2 Å². The number of rotatable bonds is 7. The Morgan fingerprint density at radius 1 is 1.11 bits per heavy atom. The second-order valence-electron chi connectivity index (χ2n) is 9.50. The van der Waals surface area contributed by atoms with Gasteiger partial charge in [0.15, 0.2) is 5.76 Å². The number of aliphatic hydroxyl groups excluding tert-OH is 1. The standard InChI is InChI=1S/C28H32N4O5/c1-18-6-4-12-31-19(2)23(29-27(18)31)25(33)22-24(20-7-9-21(36-3)10-8-20)32(28(35)26(22)34)13-5-11-30-14-16-37-17-15-30/h4,6-10,12,24,33H,5,11,13-17H2,1-3H3. The quantitative estimate of drug-likeness (QED) is 0.300. The number of morpholine rings is 1. The Morgan fingerprint density at radius 3 is 2.51 bits per heavy atom. The van der Waals surface area contributed by atoms with Gasteiger partial charge in [-0.25, -0.2) is 4.98 Å². The fourth-order valence-electron chi connectivity index (χ4n) is 5.21. The van der Waals surface area contributed by atoms with Crippen molar-refractivity contribution in [1.29, 1.82) is 0 Å². The molecule has 3 aromatic rings. The van der Waals surface area contributed by atoms with Gasteiger partial charge in [0, 0.05) is 32.4 Å². The molecule has 0 radical (unpaired) electrons. The molecule has 194 valence electrons. The molecule has 2 aromatic heterocycles. The van der Waals surface area contributed by atoms with Crippen molar-refractivity contribution in [2.24, 2.45) is 0 Å². The Labute approximate surface area is 215 Å². The largest absolute Gasteiger partial charge is 0.505 e. The first-order valence-corrected chi connectivity index (χ1v) is 12.6. The Bertz CT molecular complexity index is 1350. The highest BCUT2D eigenvalue weighted by atomic mass is 16.5. The molecule has 9 heteroatoms. The van der Waals surface area contributed by atoms with E-state index in [1.165, 1.54) is 0 Å². The molecule has 2 aliphatic rings. The maximum Gasteiger partial charge on any atom is 0.295 e. The van der Waals surface area contributed by atoms with E-state index in [1.54, 1.807) is 24.1 Å². The van der Waals surface area contributed by atoms with Crippen LogP contribution in [-0.2, 0) is 14.3 Å². The Balaban J connectivity index is 1.55. The number of hydrogen-bond donors (Lipinski definition) is 1. The van der Waals surface area contributed by atoms with E-state index in [4.69, 9.17) is 9.47 Å². The van der Waals surface area contributed by atoms with Gasteiger partial charge < -0.3 is 23.9 Å². The van der Waals surface area contributed by atoms with E-state index in [9.17, 15) is 14.7 Å². The van der Waals surface area contributed by atoms with E-state index in [0.29, 0.717) is 49.0 Å². The van der Waals surface area contributed by atoms with Crippen LogP contribution in [0.15, 0.2) is 48.2 Å². The Hall–Kier alpha value is -3.69. The fourth-order valence-corrected chi connectivity index (χ4v) is 5.21. The molecule has 1 atom stereocenters. The number of aliphatic hydroxyl groups is 1. The van der Waals surface area contributed by atoms with Crippen LogP contribution >= 0.6 is 0 Å². The number of carbonyl (C=O) groups excluding carboxylic acids is 2. The molecule has 1 N–H and O–H groups in total. The first-order valence-electron chi connectivity index (χ1n) is 12.6. The molecule has 4 heterocycles. The summed E-state index contributed by atoms with van der Waals surface area (Å²) >= 11 is 0. The van der Waals surface area contributed by atoms with Gasteiger partial charge in [-0.2, -0.15) is 0 Å². The van der Waals surface area contributed by atoms with Gasteiger partial charge >= 0.3 is 0 Å². The topological polar surface area (TPSA) is 96.6 Å². The van der Waals surface area contributed by atoms with Crippen molar-refractivity contribution in [3.8, 4) is 5.75 Å². The number of methoxy groups -OCH3 is 1. The van der Waals surface area contributed by atoms with Crippen LogP contribution in [0.3, 0.4) is 0 Å². The van der Waals surface area contributed by atoms with Gasteiger partial charge in [0.05, 0.1) is 37.6 Å². The van der Waals surface area contributed by atoms with Gasteiger partial charge in [-0.3, -0.25) is 14.5 Å². The SMILES string of the molecule is COc1ccc(C2C(=C(O)c3nc4c(C)cccn4c3C)C(=O)C(=O)N2CCCN2CCOCC2)cc1. The summed E-state index contributed by atoms with van der Waals surface area (Å²) in [7, 11) is 1.58. The van der Waals surface area contributed by atoms with Crippen LogP contribution in [0.2, 0.25) is 0 Å². The minimum Gasteiger partial charge on any atom is -0.505 e. The number of likely N-dealkylation sites (tertiary alicyclic amines) is 1. The first-order chi connectivity index (χ1) is 17.9. The smallest absolute Gasteiger partial charge is 0.295 e. The van der Waals surface area contributed by atoms with Crippen LogP contribution in [0.1, 0.15) is 35.0 Å². The van der Waals surface area contributed by atoms with Crippen molar-refractivity contribution in [1.82, 2.24) is 19.2 Å². The Kier molecular flexibility index (Phi) is 6.99. The van der Waals surface area contributed by atoms with Crippen molar-refractivity contribution >= 4 is 23.1 Å². The summed E-state index contributed by atoms with van der Waals surface area (Å²) in [6.07, 6.45) is 2.57. The summed E-state index contributed by atoms with van der Waals surface area (Å²) in [4.78, 5) is 35.2. The van der Waals surface area contributed by atoms with Gasteiger partial charge in [0.25, 0.3) is 11.7 Å². The molecule has 0 saturated carbocycles. The van der Waals surface area contributed by atoms with Crippen molar-refractivity contribution < 1.29 is 24.2 Å². The van der Waals surface area contributed by atoms with E-state index in [1.807, 2.05) is 48.7 Å². The number of pyridine rings is 1. The average Bonchev–Trinajstić information content (AvgIpc) is 3.39. The van der Waals surface area contributed by atoms with Gasteiger partial charge in [0.2, 0.25) is 0 Å². The summed E-state index contributed by atoms with van der Waals surface area (Å²) in [5.74, 6) is -0.894. The number of benzene rings is 1. The number of aryl methyl sites for hydroxylation is 2. The normalized spacial score (nSPS) is 20.2. The van der Waals surface area contributed by atoms with E-state index < -0.39 is 17.7 Å². The van der Waals surface area contributed by atoms with Gasteiger partial charge in [0.1, 0.15) is 17.1 Å². The van der Waals surface area contributed by atoms with Crippen LogP contribution in [0.4, 0.5) is 0 Å². The molecule has 9 nitrogen and oxygen atoms in total. The predicted octanol–water partition coefficient (Wildman–Crippen LogP) is 3.10. The molecule has 2 aliphatic heterocycles. The number of imidazole rings is 1. The minimum absolute atomic E-state index is 0.0608. The molecule has 0 spiro atoms. The zero-order chi connectivity index (χ0) is 26.1. The van der Waals surface area contributed by atoms with E-state index in [0.717, 1.165) is 30.8 Å². The number of nitrogens with zero attached hydrogens (tertiary/aromatic N) is 4. The maximum absolute atomic E-state index is 13.4. The fraction of sp³-hybridized carbons (Fsp3) is 0.393. The lowest BCUT2D eigenvalue weighted by Crippen LogP contribution is -2.38. The first kappa shape index (κ1) is 25.0. The lowest BCUT2D eigenvalue weighted by Gasteiger charge is -2.29. The number of ether oxygens (including phenoxy) is 2. The number of ketones is 1. The van der Waals surface area contributed by atoms with Crippen molar-refractivity contribution in [2.75, 3.05) is 46.5 Å². The lowest BCUT2D eigenvalue weighted by molar-refractivity contribution is -0.140. The van der Waals surface area contributed by atoms with Crippen LogP contribution in [0.25, 0.3) is 11.4 Å². The van der Waals surface area contributed by atoms with Gasteiger partial charge in [-0.15, -0.1) is 0 Å². The number of aromatic nitrogens is 2. The zero-order valence-electron chi connectivity index (χ0n) is 21.4. The lowest BCUT2D eigenvalue weighted by atomic mass is 9.96. The van der Waals surface area contributed by atoms with Crippen molar-refractivity contribution in [3.05, 3.63) is 70.7 Å². The molecule has 1 amide bonds. The highest BCUT2D eigenvalue weighted by molar-refractivity contribution is 6.46. The van der Waals surface area contributed by atoms with E-state index in [-0.39, 0.29) is 11.3 Å². The summed E-state index contributed by atoms with van der Waals surface area (Å²) in [6.45, 7) is 8.08. The maximum atomic E-state index is 13.4. The highest BCUT2D eigenvalue weighted by Crippen LogP contribution is 2.40. The van der Waals surface area contributed by atoms with Crippen LogP contribution in [-0.4, -0.2) is 82.5 Å². The summed E-state index contributed by atoms with van der Waals surface area (Å²) in [5.41, 5.74) is 3.43. The molecule has 37 heavy (non-hydrogen) atoms. The molecule has 2 saturated heterocycles. The molecule has 0 aliphatic carbocycles. The molecule has 0 bridgehead atoms. The van der Waals surface area contributed by atoms with Crippen molar-refractivity contribution in [2.45, 2.75) is 26.3 Å². The zero-order valence-corrected chi connectivity index (χ0v) is 21.4. The summed E-state index contributed by atoms with van der Waals surface area (Å²) in [5, 5.41) is 11.5. The van der Waals surface area contributed by atoms with Crippen molar-refractivity contribution in [3.63, 3.8) is 0 Å².